The number of thioether (sulfide) groups is 1. The van der Waals surface area contributed by atoms with Crippen molar-refractivity contribution in [2.75, 3.05) is 18.6 Å². The third-order valence-electron chi connectivity index (χ3n) is 2.65. The summed E-state index contributed by atoms with van der Waals surface area (Å²) in [7, 11) is 0. The van der Waals surface area contributed by atoms with Crippen LogP contribution in [0.1, 0.15) is 24.9 Å². The molecule has 0 aliphatic carbocycles. The fourth-order valence-electron chi connectivity index (χ4n) is 1.59. The van der Waals surface area contributed by atoms with Gasteiger partial charge in [0, 0.05) is 12.2 Å². The summed E-state index contributed by atoms with van der Waals surface area (Å²) >= 11 is 1.64. The molecule has 1 aromatic carbocycles. The smallest absolute Gasteiger partial charge is 0.341 e. The molecule has 6 heteroatoms. The number of hydrogen-bond acceptors (Lipinski definition) is 4. The molecule has 0 fully saturated rings. The fourth-order valence-corrected chi connectivity index (χ4v) is 1.98. The molecule has 2 N–H and O–H groups in total. The van der Waals surface area contributed by atoms with Gasteiger partial charge in [0.1, 0.15) is 5.75 Å². The van der Waals surface area contributed by atoms with Gasteiger partial charge in [0.2, 0.25) is 5.91 Å². The van der Waals surface area contributed by atoms with Crippen LogP contribution in [0.2, 0.25) is 0 Å². The molecule has 0 saturated carbocycles. The van der Waals surface area contributed by atoms with Crippen LogP contribution < -0.4 is 10.1 Å². The number of ether oxygens (including phenoxy) is 1. The standard InChI is InChI=1S/C14H19NO4S/c1-10(15-13(16)7-8-20-2)11-3-5-12(6-4-11)19-9-14(17)18/h3-6,10H,7-9H2,1-2H3,(H,15,16)(H,17,18). The summed E-state index contributed by atoms with van der Waals surface area (Å²) in [6, 6.07) is 6.94. The first-order valence-corrected chi connectivity index (χ1v) is 7.65. The zero-order chi connectivity index (χ0) is 15.0. The van der Waals surface area contributed by atoms with Crippen molar-refractivity contribution < 1.29 is 19.4 Å². The molecular formula is C14H19NO4S. The van der Waals surface area contributed by atoms with Crippen LogP contribution in [-0.4, -0.2) is 35.6 Å². The molecule has 1 atom stereocenters. The van der Waals surface area contributed by atoms with Gasteiger partial charge in [-0.3, -0.25) is 4.79 Å². The van der Waals surface area contributed by atoms with Gasteiger partial charge in [-0.1, -0.05) is 12.1 Å². The summed E-state index contributed by atoms with van der Waals surface area (Å²) < 4.78 is 5.05. The Labute approximate surface area is 122 Å². The number of benzene rings is 1. The second-order valence-electron chi connectivity index (χ2n) is 4.28. The zero-order valence-corrected chi connectivity index (χ0v) is 12.4. The largest absolute Gasteiger partial charge is 0.482 e. The second-order valence-corrected chi connectivity index (χ2v) is 5.27. The number of carboxylic acid groups (broad SMARTS) is 1. The number of carboxylic acids is 1. The van der Waals surface area contributed by atoms with E-state index in [1.807, 2.05) is 25.3 Å². The molecule has 1 aromatic rings. The van der Waals surface area contributed by atoms with Crippen molar-refractivity contribution in [3.63, 3.8) is 0 Å². The number of hydrogen-bond donors (Lipinski definition) is 2. The van der Waals surface area contributed by atoms with E-state index < -0.39 is 5.97 Å². The van der Waals surface area contributed by atoms with Gasteiger partial charge in [-0.2, -0.15) is 11.8 Å². The van der Waals surface area contributed by atoms with Gasteiger partial charge < -0.3 is 15.2 Å². The number of rotatable bonds is 8. The predicted octanol–water partition coefficient (Wildman–Crippen LogP) is 2.08. The molecule has 110 valence electrons. The zero-order valence-electron chi connectivity index (χ0n) is 11.6. The molecule has 0 radical (unpaired) electrons. The van der Waals surface area contributed by atoms with Gasteiger partial charge in [0.15, 0.2) is 6.61 Å². The van der Waals surface area contributed by atoms with E-state index in [0.717, 1.165) is 11.3 Å². The fraction of sp³-hybridized carbons (Fsp3) is 0.429. The van der Waals surface area contributed by atoms with E-state index in [1.54, 1.807) is 23.9 Å². The summed E-state index contributed by atoms with van der Waals surface area (Å²) in [5.74, 6) is 0.319. The predicted molar refractivity (Wildman–Crippen MR) is 79.1 cm³/mol. The summed E-state index contributed by atoms with van der Waals surface area (Å²) in [5.41, 5.74) is 0.949. The molecule has 0 saturated heterocycles. The van der Waals surface area contributed by atoms with E-state index in [9.17, 15) is 9.59 Å². The highest BCUT2D eigenvalue weighted by atomic mass is 32.2. The van der Waals surface area contributed by atoms with Crippen LogP contribution in [0.25, 0.3) is 0 Å². The lowest BCUT2D eigenvalue weighted by Gasteiger charge is -2.14. The Bertz CT molecular complexity index is 447. The molecule has 1 amide bonds. The number of carbonyl (C=O) groups is 2. The normalized spacial score (nSPS) is 11.7. The summed E-state index contributed by atoms with van der Waals surface area (Å²) in [4.78, 5) is 22.0. The lowest BCUT2D eigenvalue weighted by Crippen LogP contribution is -2.26. The number of carbonyl (C=O) groups excluding carboxylic acids is 1. The highest BCUT2D eigenvalue weighted by Gasteiger charge is 2.09. The minimum atomic E-state index is -1.01. The molecule has 1 rings (SSSR count). The molecule has 0 aliphatic heterocycles. The third-order valence-corrected chi connectivity index (χ3v) is 3.27. The Morgan fingerprint density at radius 1 is 1.35 bits per heavy atom. The Morgan fingerprint density at radius 2 is 2.00 bits per heavy atom. The van der Waals surface area contributed by atoms with E-state index in [-0.39, 0.29) is 18.6 Å². The summed E-state index contributed by atoms with van der Waals surface area (Å²) in [6.07, 6.45) is 2.47. The van der Waals surface area contributed by atoms with Crippen molar-refractivity contribution >= 4 is 23.6 Å². The maximum atomic E-state index is 11.6. The summed E-state index contributed by atoms with van der Waals surface area (Å²) in [5, 5.41) is 11.4. The van der Waals surface area contributed by atoms with Crippen LogP contribution in [0.4, 0.5) is 0 Å². The van der Waals surface area contributed by atoms with Gasteiger partial charge in [0.25, 0.3) is 0 Å². The monoisotopic (exact) mass is 297 g/mol. The van der Waals surface area contributed by atoms with Crippen LogP contribution >= 0.6 is 11.8 Å². The third kappa shape index (κ3) is 5.97. The molecular weight excluding hydrogens is 278 g/mol. The van der Waals surface area contributed by atoms with Crippen molar-refractivity contribution in [2.24, 2.45) is 0 Å². The van der Waals surface area contributed by atoms with Crippen molar-refractivity contribution in [1.82, 2.24) is 5.32 Å². The lowest BCUT2D eigenvalue weighted by molar-refractivity contribution is -0.139. The van der Waals surface area contributed by atoms with E-state index in [2.05, 4.69) is 5.32 Å². The average Bonchev–Trinajstić information content (AvgIpc) is 2.43. The highest BCUT2D eigenvalue weighted by Crippen LogP contribution is 2.17. The molecule has 5 nitrogen and oxygen atoms in total. The van der Waals surface area contributed by atoms with Crippen LogP contribution in [0.3, 0.4) is 0 Å². The first-order chi connectivity index (χ1) is 9.52. The average molecular weight is 297 g/mol. The molecule has 20 heavy (non-hydrogen) atoms. The van der Waals surface area contributed by atoms with Crippen molar-refractivity contribution in [2.45, 2.75) is 19.4 Å². The molecule has 0 bridgehead atoms. The minimum absolute atomic E-state index is 0.0260. The van der Waals surface area contributed by atoms with Gasteiger partial charge >= 0.3 is 5.97 Å². The first-order valence-electron chi connectivity index (χ1n) is 6.25. The molecule has 0 heterocycles. The Kier molecular flexibility index (Phi) is 6.93. The Morgan fingerprint density at radius 3 is 2.55 bits per heavy atom. The van der Waals surface area contributed by atoms with Crippen LogP contribution in [-0.2, 0) is 9.59 Å². The van der Waals surface area contributed by atoms with Gasteiger partial charge in [0.05, 0.1) is 6.04 Å². The van der Waals surface area contributed by atoms with Crippen LogP contribution in [0.5, 0.6) is 5.75 Å². The van der Waals surface area contributed by atoms with E-state index in [1.165, 1.54) is 0 Å². The number of amides is 1. The molecule has 0 aliphatic rings. The topological polar surface area (TPSA) is 75.6 Å². The number of nitrogens with one attached hydrogen (secondary N) is 1. The van der Waals surface area contributed by atoms with Gasteiger partial charge in [-0.15, -0.1) is 0 Å². The Balaban J connectivity index is 2.50. The Hall–Kier alpha value is -1.69. The maximum absolute atomic E-state index is 11.6. The highest BCUT2D eigenvalue weighted by molar-refractivity contribution is 7.98. The van der Waals surface area contributed by atoms with E-state index in [4.69, 9.17) is 9.84 Å². The van der Waals surface area contributed by atoms with Crippen molar-refractivity contribution in [3.05, 3.63) is 29.8 Å². The second kappa shape index (κ2) is 8.47. The molecule has 1 unspecified atom stereocenters. The van der Waals surface area contributed by atoms with Crippen molar-refractivity contribution in [3.8, 4) is 5.75 Å². The lowest BCUT2D eigenvalue weighted by atomic mass is 10.1. The minimum Gasteiger partial charge on any atom is -0.482 e. The van der Waals surface area contributed by atoms with Crippen LogP contribution in [0.15, 0.2) is 24.3 Å². The summed E-state index contributed by atoms with van der Waals surface area (Å²) in [6.45, 7) is 1.55. The molecule has 0 aromatic heterocycles. The van der Waals surface area contributed by atoms with Crippen molar-refractivity contribution in [1.29, 1.82) is 0 Å². The van der Waals surface area contributed by atoms with Gasteiger partial charge in [-0.05, 0) is 30.9 Å². The van der Waals surface area contributed by atoms with E-state index in [0.29, 0.717) is 12.2 Å². The molecule has 0 spiro atoms. The van der Waals surface area contributed by atoms with Gasteiger partial charge in [-0.25, -0.2) is 4.79 Å². The van der Waals surface area contributed by atoms with E-state index >= 15 is 0 Å². The quantitative estimate of drug-likeness (QED) is 0.768. The first kappa shape index (κ1) is 16.4. The maximum Gasteiger partial charge on any atom is 0.341 e. The SMILES string of the molecule is CSCCC(=O)NC(C)c1ccc(OCC(=O)O)cc1. The number of aliphatic carboxylic acids is 1. The van der Waals surface area contributed by atoms with Crippen LogP contribution in [0, 0.1) is 0 Å².